The molecule has 1 heterocycles. The average molecular weight is 706 g/mol. The summed E-state index contributed by atoms with van der Waals surface area (Å²) in [7, 11) is 0. The lowest BCUT2D eigenvalue weighted by molar-refractivity contribution is -0.138. The second-order valence-electron chi connectivity index (χ2n) is 11.8. The van der Waals surface area contributed by atoms with Crippen LogP contribution in [-0.2, 0) is 25.3 Å². The summed E-state index contributed by atoms with van der Waals surface area (Å²) in [6.45, 7) is 3.26. The van der Waals surface area contributed by atoms with Crippen LogP contribution in [0.2, 0.25) is 0 Å². The van der Waals surface area contributed by atoms with Crippen LogP contribution in [0.15, 0.2) is 115 Å². The van der Waals surface area contributed by atoms with Crippen LogP contribution in [0.3, 0.4) is 0 Å². The number of carboxylic acid groups (broad SMARTS) is 1. The molecule has 0 bridgehead atoms. The minimum Gasteiger partial charge on any atom is -0.478 e. The summed E-state index contributed by atoms with van der Waals surface area (Å²) in [4.78, 5) is 26.4. The Morgan fingerprint density at radius 1 is 0.686 bits per heavy atom. The molecule has 6 nitrogen and oxygen atoms in total. The molecule has 12 heteroatoms. The number of aromatic carboxylic acids is 1. The third-order valence-electron chi connectivity index (χ3n) is 8.38. The maximum absolute atomic E-state index is 13.0. The van der Waals surface area contributed by atoms with Crippen LogP contribution in [0.4, 0.5) is 32.0 Å². The minimum absolute atomic E-state index is 0.0576. The second kappa shape index (κ2) is 15.6. The van der Waals surface area contributed by atoms with Gasteiger partial charge >= 0.3 is 18.3 Å². The van der Waals surface area contributed by atoms with E-state index in [-0.39, 0.29) is 11.5 Å². The molecule has 0 radical (unpaired) electrons. The Morgan fingerprint density at radius 3 is 1.71 bits per heavy atom. The molecule has 0 fully saturated rings. The summed E-state index contributed by atoms with van der Waals surface area (Å²) in [5.41, 5.74) is 9.72. The zero-order chi connectivity index (χ0) is 36.8. The van der Waals surface area contributed by atoms with Gasteiger partial charge in [-0.2, -0.15) is 26.3 Å². The van der Waals surface area contributed by atoms with Gasteiger partial charge in [-0.05, 0) is 88.3 Å². The number of hydrogen-bond acceptors (Lipinski definition) is 4. The molecular weight excluding hydrogens is 672 g/mol. The highest BCUT2D eigenvalue weighted by atomic mass is 19.4. The van der Waals surface area contributed by atoms with Crippen LogP contribution in [0.1, 0.15) is 43.0 Å². The Hall–Kier alpha value is -5.46. The van der Waals surface area contributed by atoms with Gasteiger partial charge in [0.05, 0.1) is 16.7 Å². The molecule has 1 aliphatic heterocycles. The molecular formula is C39H33F6N3O3. The highest BCUT2D eigenvalue weighted by molar-refractivity contribution is 6.08. The largest absolute Gasteiger partial charge is 0.478 e. The van der Waals surface area contributed by atoms with Crippen LogP contribution in [0, 0.1) is 0 Å². The van der Waals surface area contributed by atoms with Gasteiger partial charge in [0.15, 0.2) is 0 Å². The van der Waals surface area contributed by atoms with E-state index in [0.29, 0.717) is 40.0 Å². The molecule has 0 aromatic heterocycles. The summed E-state index contributed by atoms with van der Waals surface area (Å²) in [5, 5.41) is 12.0. The van der Waals surface area contributed by atoms with Gasteiger partial charge < -0.3 is 16.2 Å². The number of rotatable bonds is 7. The maximum Gasteiger partial charge on any atom is 0.416 e. The van der Waals surface area contributed by atoms with E-state index in [1.807, 2.05) is 18.2 Å². The normalized spacial score (nSPS) is 13.1. The number of nitrogens with zero attached hydrogens (tertiary/aromatic N) is 1. The smallest absolute Gasteiger partial charge is 0.416 e. The number of amides is 1. The van der Waals surface area contributed by atoms with E-state index in [2.05, 4.69) is 10.2 Å². The van der Waals surface area contributed by atoms with Crippen molar-refractivity contribution in [3.05, 3.63) is 149 Å². The minimum atomic E-state index is -4.40. The van der Waals surface area contributed by atoms with Gasteiger partial charge in [-0.15, -0.1) is 0 Å². The molecule has 0 aliphatic carbocycles. The zero-order valence-corrected chi connectivity index (χ0v) is 27.1. The fraction of sp³-hybridized carbons (Fsp3) is 0.179. The van der Waals surface area contributed by atoms with Crippen molar-refractivity contribution in [2.24, 2.45) is 5.73 Å². The molecule has 1 aliphatic rings. The lowest BCUT2D eigenvalue weighted by atomic mass is 9.97. The lowest BCUT2D eigenvalue weighted by Gasteiger charge is -2.28. The number of nitrogens with two attached hydrogens (primary N) is 1. The van der Waals surface area contributed by atoms with E-state index in [9.17, 15) is 35.9 Å². The van der Waals surface area contributed by atoms with E-state index in [0.717, 1.165) is 50.3 Å². The van der Waals surface area contributed by atoms with E-state index < -0.39 is 29.4 Å². The Labute approximate surface area is 290 Å². The molecule has 0 saturated heterocycles. The first-order chi connectivity index (χ1) is 24.2. The molecule has 1 amide bonds. The topological polar surface area (TPSA) is 95.7 Å². The molecule has 0 spiro atoms. The van der Waals surface area contributed by atoms with Gasteiger partial charge in [0.25, 0.3) is 5.91 Å². The predicted octanol–water partition coefficient (Wildman–Crippen LogP) is 9.01. The van der Waals surface area contributed by atoms with Gasteiger partial charge in [-0.25, -0.2) is 4.79 Å². The third-order valence-corrected chi connectivity index (χ3v) is 8.38. The SMILES string of the molecule is NCCN1CCc2cc(NC(=O)c3ccccc3-c3ccc(C(F)(F)F)cc3)ccc2C1.O=C(O)c1ccccc1-c1ccc(C(F)(F)F)cc1. The lowest BCUT2D eigenvalue weighted by Crippen LogP contribution is -2.34. The number of halogens is 6. The van der Waals surface area contributed by atoms with Crippen LogP contribution < -0.4 is 11.1 Å². The van der Waals surface area contributed by atoms with Gasteiger partial charge in [-0.3, -0.25) is 9.69 Å². The molecule has 4 N–H and O–H groups in total. The molecule has 0 unspecified atom stereocenters. The van der Waals surface area contributed by atoms with Crippen molar-refractivity contribution in [1.82, 2.24) is 4.90 Å². The van der Waals surface area contributed by atoms with E-state index in [4.69, 9.17) is 10.8 Å². The van der Waals surface area contributed by atoms with E-state index in [1.165, 1.54) is 41.5 Å². The van der Waals surface area contributed by atoms with Crippen molar-refractivity contribution in [2.75, 3.05) is 25.0 Å². The average Bonchev–Trinajstić information content (AvgIpc) is 3.11. The molecule has 0 atom stereocenters. The Kier molecular flexibility index (Phi) is 11.3. The highest BCUT2D eigenvalue weighted by Crippen LogP contribution is 2.33. The van der Waals surface area contributed by atoms with Crippen LogP contribution in [0.5, 0.6) is 0 Å². The summed E-state index contributed by atoms with van der Waals surface area (Å²) < 4.78 is 75.9. The van der Waals surface area contributed by atoms with Crippen molar-refractivity contribution in [3.63, 3.8) is 0 Å². The number of carboxylic acids is 1. The van der Waals surface area contributed by atoms with Gasteiger partial charge in [0, 0.05) is 37.4 Å². The number of benzene rings is 5. The predicted molar refractivity (Wildman–Crippen MR) is 183 cm³/mol. The van der Waals surface area contributed by atoms with Crippen molar-refractivity contribution < 1.29 is 41.0 Å². The molecule has 6 rings (SSSR count). The zero-order valence-electron chi connectivity index (χ0n) is 27.1. The number of alkyl halides is 6. The number of carbonyl (C=O) groups excluding carboxylic acids is 1. The summed E-state index contributed by atoms with van der Waals surface area (Å²) in [5.74, 6) is -1.42. The van der Waals surface area contributed by atoms with E-state index >= 15 is 0 Å². The summed E-state index contributed by atoms with van der Waals surface area (Å²) in [6, 6.07) is 28.2. The second-order valence-corrected chi connectivity index (χ2v) is 11.8. The molecule has 5 aromatic carbocycles. The number of carbonyl (C=O) groups is 2. The summed E-state index contributed by atoms with van der Waals surface area (Å²) >= 11 is 0. The van der Waals surface area contributed by atoms with Crippen molar-refractivity contribution >= 4 is 17.6 Å². The molecule has 51 heavy (non-hydrogen) atoms. The molecule has 0 saturated carbocycles. The number of fused-ring (bicyclic) bond motifs is 1. The van der Waals surface area contributed by atoms with Crippen LogP contribution in [0.25, 0.3) is 22.3 Å². The van der Waals surface area contributed by atoms with Crippen molar-refractivity contribution in [1.29, 1.82) is 0 Å². The fourth-order valence-electron chi connectivity index (χ4n) is 5.79. The number of anilines is 1. The van der Waals surface area contributed by atoms with Gasteiger partial charge in [0.1, 0.15) is 0 Å². The summed E-state index contributed by atoms with van der Waals surface area (Å²) in [6.07, 6.45) is -7.91. The van der Waals surface area contributed by atoms with E-state index in [1.54, 1.807) is 42.5 Å². The molecule has 5 aromatic rings. The Bertz CT molecular complexity index is 1990. The number of nitrogens with one attached hydrogen (secondary N) is 1. The highest BCUT2D eigenvalue weighted by Gasteiger charge is 2.31. The van der Waals surface area contributed by atoms with Crippen molar-refractivity contribution in [2.45, 2.75) is 25.3 Å². The third kappa shape index (κ3) is 9.21. The first-order valence-electron chi connectivity index (χ1n) is 15.9. The first-order valence-corrected chi connectivity index (χ1v) is 15.9. The van der Waals surface area contributed by atoms with Gasteiger partial charge in [-0.1, -0.05) is 66.7 Å². The van der Waals surface area contributed by atoms with Crippen molar-refractivity contribution in [3.8, 4) is 22.3 Å². The standard InChI is InChI=1S/C25H24F3N3O.C14H9F3O2/c26-25(27,28)20-8-5-17(6-9-20)22-3-1-2-4-23(22)24(32)30-21-10-7-19-16-31(14-12-29)13-11-18(19)15-21;15-14(16,17)10-7-5-9(6-8-10)11-3-1-2-4-12(11)13(18)19/h1-10,15H,11-14,16,29H2,(H,30,32);1-8H,(H,18,19). The quantitative estimate of drug-likeness (QED) is 0.147. The fourth-order valence-corrected chi connectivity index (χ4v) is 5.79. The Balaban J connectivity index is 0.000000226. The van der Waals surface area contributed by atoms with Crippen LogP contribution >= 0.6 is 0 Å². The number of hydrogen-bond donors (Lipinski definition) is 3. The van der Waals surface area contributed by atoms with Gasteiger partial charge in [0.2, 0.25) is 0 Å². The maximum atomic E-state index is 13.0. The van der Waals surface area contributed by atoms with Crippen LogP contribution in [-0.4, -0.2) is 41.5 Å². The molecule has 264 valence electrons. The Morgan fingerprint density at radius 2 is 1.20 bits per heavy atom. The first kappa shape index (κ1) is 36.8. The monoisotopic (exact) mass is 705 g/mol.